The molecule has 2 aliphatic heterocycles. The first-order chi connectivity index (χ1) is 9.81. The average Bonchev–Trinajstić information content (AvgIpc) is 2.98. The molecule has 1 aromatic rings. The zero-order valence-electron chi connectivity index (χ0n) is 11.1. The van der Waals surface area contributed by atoms with Crippen LogP contribution in [0.4, 0.5) is 4.79 Å². The topological polar surface area (TPSA) is 68.8 Å². The van der Waals surface area contributed by atoms with Gasteiger partial charge in [-0.05, 0) is 25.0 Å². The molecule has 1 saturated heterocycles. The predicted molar refractivity (Wildman–Crippen MR) is 71.9 cm³/mol. The molecule has 2 aliphatic rings. The highest BCUT2D eigenvalue weighted by atomic mass is 16.6. The Morgan fingerprint density at radius 1 is 1.30 bits per heavy atom. The van der Waals surface area contributed by atoms with Crippen LogP contribution in [0, 0.1) is 0 Å². The SMILES string of the molecule is O=C(NCC1COc2ccccc2O1)NC1CCCO1. The molecule has 0 bridgehead atoms. The molecule has 3 rings (SSSR count). The minimum absolute atomic E-state index is 0.167. The maximum Gasteiger partial charge on any atom is 0.316 e. The normalized spacial score (nSPS) is 24.2. The van der Waals surface area contributed by atoms with E-state index < -0.39 is 0 Å². The van der Waals surface area contributed by atoms with Gasteiger partial charge in [0.1, 0.15) is 12.8 Å². The number of para-hydroxylation sites is 2. The summed E-state index contributed by atoms with van der Waals surface area (Å²) in [4.78, 5) is 11.7. The number of urea groups is 1. The van der Waals surface area contributed by atoms with E-state index in [1.165, 1.54) is 0 Å². The number of hydrogen-bond donors (Lipinski definition) is 2. The standard InChI is InChI=1S/C14H18N2O4/c17-14(16-13-6-3-7-18-13)15-8-10-9-19-11-4-1-2-5-12(11)20-10/h1-2,4-5,10,13H,3,6-9H2,(H2,15,16,17). The average molecular weight is 278 g/mol. The molecular weight excluding hydrogens is 260 g/mol. The number of ether oxygens (including phenoxy) is 3. The van der Waals surface area contributed by atoms with Gasteiger partial charge < -0.3 is 24.8 Å². The van der Waals surface area contributed by atoms with Gasteiger partial charge in [-0.3, -0.25) is 0 Å². The van der Waals surface area contributed by atoms with E-state index in [2.05, 4.69) is 10.6 Å². The molecule has 2 N–H and O–H groups in total. The highest BCUT2D eigenvalue weighted by Gasteiger charge is 2.22. The van der Waals surface area contributed by atoms with Crippen molar-refractivity contribution in [1.29, 1.82) is 0 Å². The number of carbonyl (C=O) groups excluding carboxylic acids is 1. The summed E-state index contributed by atoms with van der Waals surface area (Å²) in [5.74, 6) is 1.46. The Labute approximate surface area is 117 Å². The Bertz CT molecular complexity index is 474. The summed E-state index contributed by atoms with van der Waals surface area (Å²) in [6, 6.07) is 7.27. The van der Waals surface area contributed by atoms with E-state index in [0.29, 0.717) is 25.5 Å². The molecular formula is C14H18N2O4. The van der Waals surface area contributed by atoms with Gasteiger partial charge in [-0.15, -0.1) is 0 Å². The zero-order valence-corrected chi connectivity index (χ0v) is 11.1. The molecule has 2 unspecified atom stereocenters. The highest BCUT2D eigenvalue weighted by molar-refractivity contribution is 5.74. The zero-order chi connectivity index (χ0) is 13.8. The van der Waals surface area contributed by atoms with Crippen LogP contribution in [0.15, 0.2) is 24.3 Å². The number of benzene rings is 1. The lowest BCUT2D eigenvalue weighted by atomic mass is 10.2. The lowest BCUT2D eigenvalue weighted by Gasteiger charge is -2.26. The number of hydrogen-bond acceptors (Lipinski definition) is 4. The summed E-state index contributed by atoms with van der Waals surface area (Å²) in [7, 11) is 0. The number of carbonyl (C=O) groups is 1. The van der Waals surface area contributed by atoms with Gasteiger partial charge in [-0.1, -0.05) is 12.1 Å². The van der Waals surface area contributed by atoms with Gasteiger partial charge in [-0.25, -0.2) is 4.79 Å². The Morgan fingerprint density at radius 2 is 2.15 bits per heavy atom. The number of nitrogens with one attached hydrogen (secondary N) is 2. The lowest BCUT2D eigenvalue weighted by Crippen LogP contribution is -2.47. The van der Waals surface area contributed by atoms with Gasteiger partial charge in [0.15, 0.2) is 17.6 Å². The summed E-state index contributed by atoms with van der Waals surface area (Å²) in [5, 5.41) is 5.54. The Kier molecular flexibility index (Phi) is 3.92. The van der Waals surface area contributed by atoms with Crippen molar-refractivity contribution in [2.45, 2.75) is 25.2 Å². The first-order valence-electron chi connectivity index (χ1n) is 6.86. The van der Waals surface area contributed by atoms with Crippen molar-refractivity contribution < 1.29 is 19.0 Å². The van der Waals surface area contributed by atoms with Crippen molar-refractivity contribution in [3.05, 3.63) is 24.3 Å². The van der Waals surface area contributed by atoms with Crippen LogP contribution in [-0.4, -0.2) is 38.1 Å². The van der Waals surface area contributed by atoms with Gasteiger partial charge in [-0.2, -0.15) is 0 Å². The van der Waals surface area contributed by atoms with Gasteiger partial charge in [0.25, 0.3) is 0 Å². The maximum absolute atomic E-state index is 11.7. The highest BCUT2D eigenvalue weighted by Crippen LogP contribution is 2.30. The van der Waals surface area contributed by atoms with Gasteiger partial charge in [0.05, 0.1) is 6.54 Å². The quantitative estimate of drug-likeness (QED) is 0.873. The van der Waals surface area contributed by atoms with E-state index in [9.17, 15) is 4.79 Å². The molecule has 2 amide bonds. The molecule has 1 fully saturated rings. The second-order valence-electron chi connectivity index (χ2n) is 4.85. The van der Waals surface area contributed by atoms with Gasteiger partial charge >= 0.3 is 6.03 Å². The van der Waals surface area contributed by atoms with E-state index in [1.54, 1.807) is 0 Å². The Morgan fingerprint density at radius 3 is 2.95 bits per heavy atom. The summed E-state index contributed by atoms with van der Waals surface area (Å²) in [6.45, 7) is 1.53. The van der Waals surface area contributed by atoms with Crippen LogP contribution in [0.25, 0.3) is 0 Å². The van der Waals surface area contributed by atoms with Crippen LogP contribution in [-0.2, 0) is 4.74 Å². The molecule has 0 aromatic heterocycles. The van der Waals surface area contributed by atoms with E-state index in [4.69, 9.17) is 14.2 Å². The van der Waals surface area contributed by atoms with E-state index in [1.807, 2.05) is 24.3 Å². The third kappa shape index (κ3) is 3.14. The van der Waals surface area contributed by atoms with Crippen molar-refractivity contribution in [1.82, 2.24) is 10.6 Å². The summed E-state index contributed by atoms with van der Waals surface area (Å²) < 4.78 is 16.7. The maximum atomic E-state index is 11.7. The molecule has 2 heterocycles. The van der Waals surface area contributed by atoms with Crippen molar-refractivity contribution in [2.24, 2.45) is 0 Å². The van der Waals surface area contributed by atoms with Crippen molar-refractivity contribution in [3.8, 4) is 11.5 Å². The van der Waals surface area contributed by atoms with Crippen LogP contribution in [0.3, 0.4) is 0 Å². The molecule has 6 nitrogen and oxygen atoms in total. The molecule has 20 heavy (non-hydrogen) atoms. The molecule has 108 valence electrons. The molecule has 2 atom stereocenters. The largest absolute Gasteiger partial charge is 0.486 e. The third-order valence-corrected chi connectivity index (χ3v) is 3.28. The first-order valence-corrected chi connectivity index (χ1v) is 6.86. The second-order valence-corrected chi connectivity index (χ2v) is 4.85. The van der Waals surface area contributed by atoms with E-state index in [-0.39, 0.29) is 18.4 Å². The molecule has 0 saturated carbocycles. The van der Waals surface area contributed by atoms with E-state index in [0.717, 1.165) is 18.6 Å². The van der Waals surface area contributed by atoms with Crippen LogP contribution >= 0.6 is 0 Å². The Hall–Kier alpha value is -1.95. The minimum atomic E-state index is -0.237. The summed E-state index contributed by atoms with van der Waals surface area (Å²) >= 11 is 0. The lowest BCUT2D eigenvalue weighted by molar-refractivity contribution is 0.0827. The smallest absolute Gasteiger partial charge is 0.316 e. The fourth-order valence-electron chi connectivity index (χ4n) is 2.26. The number of amides is 2. The molecule has 1 aromatic carbocycles. The van der Waals surface area contributed by atoms with Crippen molar-refractivity contribution >= 4 is 6.03 Å². The van der Waals surface area contributed by atoms with Crippen LogP contribution in [0.5, 0.6) is 11.5 Å². The fraction of sp³-hybridized carbons (Fsp3) is 0.500. The van der Waals surface area contributed by atoms with Crippen molar-refractivity contribution in [3.63, 3.8) is 0 Å². The summed E-state index contributed by atoms with van der Waals surface area (Å²) in [6.07, 6.45) is 1.50. The van der Waals surface area contributed by atoms with Crippen LogP contribution < -0.4 is 20.1 Å². The van der Waals surface area contributed by atoms with Gasteiger partial charge in [0, 0.05) is 6.61 Å². The second kappa shape index (κ2) is 6.00. The first kappa shape index (κ1) is 13.1. The predicted octanol–water partition coefficient (Wildman–Crippen LogP) is 1.26. The molecule has 6 heteroatoms. The Balaban J connectivity index is 1.44. The third-order valence-electron chi connectivity index (χ3n) is 3.28. The minimum Gasteiger partial charge on any atom is -0.486 e. The van der Waals surface area contributed by atoms with Crippen LogP contribution in [0.1, 0.15) is 12.8 Å². The fourth-order valence-corrected chi connectivity index (χ4v) is 2.26. The summed E-state index contributed by atoms with van der Waals surface area (Å²) in [5.41, 5.74) is 0. The molecule has 0 aliphatic carbocycles. The monoisotopic (exact) mass is 278 g/mol. The number of rotatable bonds is 3. The number of fused-ring (bicyclic) bond motifs is 1. The van der Waals surface area contributed by atoms with Crippen LogP contribution in [0.2, 0.25) is 0 Å². The van der Waals surface area contributed by atoms with Gasteiger partial charge in [0.2, 0.25) is 0 Å². The molecule has 0 radical (unpaired) electrons. The van der Waals surface area contributed by atoms with E-state index >= 15 is 0 Å². The van der Waals surface area contributed by atoms with Crippen molar-refractivity contribution in [2.75, 3.05) is 19.8 Å². The molecule has 0 spiro atoms.